The SMILES string of the molecule is C[Si](C)(C)C#Cc1ccccc1Oc1ncccn1. The number of nitrogens with zero attached hydrogens (tertiary/aromatic N) is 2. The summed E-state index contributed by atoms with van der Waals surface area (Å²) in [6.45, 7) is 6.64. The Kier molecular flexibility index (Phi) is 3.98. The van der Waals surface area contributed by atoms with E-state index in [1.807, 2.05) is 24.3 Å². The Hall–Kier alpha value is -2.12. The van der Waals surface area contributed by atoms with Crippen LogP contribution in [0.1, 0.15) is 5.56 Å². The average Bonchev–Trinajstić information content (AvgIpc) is 2.38. The molecule has 0 aliphatic heterocycles. The van der Waals surface area contributed by atoms with E-state index in [0.717, 1.165) is 5.56 Å². The van der Waals surface area contributed by atoms with Crippen molar-refractivity contribution in [3.63, 3.8) is 0 Å². The fraction of sp³-hybridized carbons (Fsp3) is 0.200. The van der Waals surface area contributed by atoms with Crippen LogP contribution in [0, 0.1) is 11.5 Å². The minimum absolute atomic E-state index is 0.338. The molecule has 0 radical (unpaired) electrons. The second-order valence-electron chi connectivity index (χ2n) is 5.13. The first-order chi connectivity index (χ1) is 9.04. The highest BCUT2D eigenvalue weighted by Crippen LogP contribution is 2.21. The van der Waals surface area contributed by atoms with Gasteiger partial charge in [-0.3, -0.25) is 0 Å². The van der Waals surface area contributed by atoms with Crippen LogP contribution in [-0.4, -0.2) is 18.0 Å². The largest absolute Gasteiger partial charge is 0.423 e. The van der Waals surface area contributed by atoms with Gasteiger partial charge in [0, 0.05) is 12.4 Å². The summed E-state index contributed by atoms with van der Waals surface area (Å²) in [6, 6.07) is 9.79. The number of aromatic nitrogens is 2. The number of rotatable bonds is 2. The van der Waals surface area contributed by atoms with E-state index in [4.69, 9.17) is 4.74 Å². The predicted molar refractivity (Wildman–Crippen MR) is 78.8 cm³/mol. The van der Waals surface area contributed by atoms with Crippen LogP contribution in [0.2, 0.25) is 19.6 Å². The summed E-state index contributed by atoms with van der Waals surface area (Å²) < 4.78 is 5.67. The normalized spacial score (nSPS) is 10.5. The zero-order chi connectivity index (χ0) is 13.7. The number of para-hydroxylation sites is 1. The first-order valence-electron chi connectivity index (χ1n) is 6.12. The van der Waals surface area contributed by atoms with Gasteiger partial charge in [-0.15, -0.1) is 5.54 Å². The lowest BCUT2D eigenvalue weighted by atomic mass is 10.2. The molecule has 0 spiro atoms. The van der Waals surface area contributed by atoms with Gasteiger partial charge in [0.05, 0.1) is 5.56 Å². The van der Waals surface area contributed by atoms with Crippen molar-refractivity contribution in [2.75, 3.05) is 0 Å². The van der Waals surface area contributed by atoms with E-state index in [-0.39, 0.29) is 0 Å². The first kappa shape index (κ1) is 13.3. The Balaban J connectivity index is 2.29. The molecule has 2 rings (SSSR count). The molecule has 0 atom stereocenters. The molecule has 4 heteroatoms. The van der Waals surface area contributed by atoms with Crippen molar-refractivity contribution in [3.8, 4) is 23.2 Å². The molecule has 0 amide bonds. The van der Waals surface area contributed by atoms with Crippen molar-refractivity contribution >= 4 is 8.07 Å². The zero-order valence-electron chi connectivity index (χ0n) is 11.3. The number of benzene rings is 1. The third-order valence-corrected chi connectivity index (χ3v) is 3.08. The van der Waals surface area contributed by atoms with Gasteiger partial charge >= 0.3 is 6.01 Å². The lowest BCUT2D eigenvalue weighted by Gasteiger charge is -2.07. The number of hydrogen-bond donors (Lipinski definition) is 0. The summed E-state index contributed by atoms with van der Waals surface area (Å²) in [4.78, 5) is 8.10. The molecule has 96 valence electrons. The van der Waals surface area contributed by atoms with Gasteiger partial charge in [0.2, 0.25) is 0 Å². The van der Waals surface area contributed by atoms with Gasteiger partial charge in [-0.1, -0.05) is 37.7 Å². The number of ether oxygens (including phenoxy) is 1. The highest BCUT2D eigenvalue weighted by molar-refractivity contribution is 6.83. The monoisotopic (exact) mass is 268 g/mol. The molecular weight excluding hydrogens is 252 g/mol. The molecule has 0 N–H and O–H groups in total. The third-order valence-electron chi connectivity index (χ3n) is 2.20. The molecule has 2 aromatic rings. The standard InChI is InChI=1S/C15H16N2OSi/c1-19(2,3)12-9-13-7-4-5-8-14(13)18-15-16-10-6-11-17-15/h4-8,10-11H,1-3H3. The summed E-state index contributed by atoms with van der Waals surface area (Å²) in [5.74, 6) is 3.90. The van der Waals surface area contributed by atoms with E-state index in [1.165, 1.54) is 0 Å². The molecule has 1 heterocycles. The van der Waals surface area contributed by atoms with Crippen LogP contribution in [0.25, 0.3) is 0 Å². The van der Waals surface area contributed by atoms with Crippen LogP contribution in [0.4, 0.5) is 0 Å². The van der Waals surface area contributed by atoms with E-state index < -0.39 is 8.07 Å². The summed E-state index contributed by atoms with van der Waals surface area (Å²) in [5.41, 5.74) is 4.20. The van der Waals surface area contributed by atoms with Crippen molar-refractivity contribution in [2.45, 2.75) is 19.6 Å². The van der Waals surface area contributed by atoms with Gasteiger partial charge < -0.3 is 4.74 Å². The van der Waals surface area contributed by atoms with Crippen LogP contribution in [0.5, 0.6) is 11.8 Å². The smallest absolute Gasteiger partial charge is 0.321 e. The lowest BCUT2D eigenvalue weighted by molar-refractivity contribution is 0.440. The van der Waals surface area contributed by atoms with Crippen LogP contribution < -0.4 is 4.74 Å². The minimum Gasteiger partial charge on any atom is -0.423 e. The Labute approximate surface area is 114 Å². The molecule has 3 nitrogen and oxygen atoms in total. The van der Waals surface area contributed by atoms with Gasteiger partial charge in [-0.05, 0) is 18.2 Å². The highest BCUT2D eigenvalue weighted by Gasteiger charge is 2.09. The molecule has 0 saturated heterocycles. The Bertz CT molecular complexity index is 609. The van der Waals surface area contributed by atoms with E-state index in [1.54, 1.807) is 18.5 Å². The van der Waals surface area contributed by atoms with Crippen molar-refractivity contribution in [2.24, 2.45) is 0 Å². The van der Waals surface area contributed by atoms with Gasteiger partial charge in [0.1, 0.15) is 13.8 Å². The van der Waals surface area contributed by atoms with Crippen molar-refractivity contribution < 1.29 is 4.74 Å². The van der Waals surface area contributed by atoms with Crippen molar-refractivity contribution in [1.29, 1.82) is 0 Å². The zero-order valence-corrected chi connectivity index (χ0v) is 12.3. The molecule has 0 aliphatic carbocycles. The quantitative estimate of drug-likeness (QED) is 0.617. The van der Waals surface area contributed by atoms with Gasteiger partial charge in [-0.25, -0.2) is 9.97 Å². The molecule has 0 bridgehead atoms. The minimum atomic E-state index is -1.40. The molecule has 0 unspecified atom stereocenters. The van der Waals surface area contributed by atoms with Crippen LogP contribution >= 0.6 is 0 Å². The molecular formula is C15H16N2OSi. The van der Waals surface area contributed by atoms with E-state index in [2.05, 4.69) is 41.1 Å². The van der Waals surface area contributed by atoms with Crippen LogP contribution in [-0.2, 0) is 0 Å². The summed E-state index contributed by atoms with van der Waals surface area (Å²) in [5, 5.41) is 0. The second-order valence-corrected chi connectivity index (χ2v) is 9.88. The molecule has 0 saturated carbocycles. The Morgan fingerprint density at radius 3 is 2.37 bits per heavy atom. The Morgan fingerprint density at radius 2 is 1.68 bits per heavy atom. The van der Waals surface area contributed by atoms with E-state index >= 15 is 0 Å². The van der Waals surface area contributed by atoms with Crippen LogP contribution in [0.15, 0.2) is 42.7 Å². The van der Waals surface area contributed by atoms with E-state index in [0.29, 0.717) is 11.8 Å². The highest BCUT2D eigenvalue weighted by atomic mass is 28.3. The Morgan fingerprint density at radius 1 is 1.00 bits per heavy atom. The van der Waals surface area contributed by atoms with Crippen molar-refractivity contribution in [1.82, 2.24) is 9.97 Å². The van der Waals surface area contributed by atoms with E-state index in [9.17, 15) is 0 Å². The molecule has 1 aromatic carbocycles. The number of hydrogen-bond acceptors (Lipinski definition) is 3. The average molecular weight is 268 g/mol. The maximum Gasteiger partial charge on any atom is 0.321 e. The predicted octanol–water partition coefficient (Wildman–Crippen LogP) is 3.50. The lowest BCUT2D eigenvalue weighted by Crippen LogP contribution is -2.16. The third kappa shape index (κ3) is 4.23. The summed E-state index contributed by atoms with van der Waals surface area (Å²) >= 11 is 0. The van der Waals surface area contributed by atoms with Gasteiger partial charge in [0.25, 0.3) is 0 Å². The van der Waals surface area contributed by atoms with Crippen LogP contribution in [0.3, 0.4) is 0 Å². The fourth-order valence-corrected chi connectivity index (χ4v) is 1.86. The van der Waals surface area contributed by atoms with Crippen molar-refractivity contribution in [3.05, 3.63) is 48.3 Å². The van der Waals surface area contributed by atoms with Gasteiger partial charge in [-0.2, -0.15) is 0 Å². The maximum atomic E-state index is 5.67. The molecule has 1 aromatic heterocycles. The fourth-order valence-electron chi connectivity index (χ4n) is 1.35. The summed E-state index contributed by atoms with van der Waals surface area (Å²) in [7, 11) is -1.40. The first-order valence-corrected chi connectivity index (χ1v) is 9.62. The molecule has 0 aliphatic rings. The topological polar surface area (TPSA) is 35.0 Å². The summed E-state index contributed by atoms with van der Waals surface area (Å²) in [6.07, 6.45) is 3.30. The second kappa shape index (κ2) is 5.68. The van der Waals surface area contributed by atoms with Gasteiger partial charge in [0.15, 0.2) is 0 Å². The molecule has 19 heavy (non-hydrogen) atoms. The maximum absolute atomic E-state index is 5.67. The molecule has 0 fully saturated rings.